The minimum Gasteiger partial charge on any atom is -0.334 e. The molecule has 0 aliphatic carbocycles. The fourth-order valence-electron chi connectivity index (χ4n) is 1.47. The smallest absolute Gasteiger partial charge is 0.258 e. The molecule has 1 heterocycles. The molecule has 0 radical (unpaired) electrons. The van der Waals surface area contributed by atoms with E-state index in [1.165, 1.54) is 5.56 Å². The molecule has 0 N–H and O–H groups in total. The summed E-state index contributed by atoms with van der Waals surface area (Å²) in [6, 6.07) is 6.13. The summed E-state index contributed by atoms with van der Waals surface area (Å²) in [4.78, 5) is 4.27. The second-order valence-corrected chi connectivity index (χ2v) is 4.55. The second-order valence-electron chi connectivity index (χ2n) is 3.89. The lowest BCUT2D eigenvalue weighted by molar-refractivity contribution is 0.422. The zero-order valence-corrected chi connectivity index (χ0v) is 10.2. The van der Waals surface area contributed by atoms with Crippen molar-refractivity contribution in [2.45, 2.75) is 26.1 Å². The average Bonchev–Trinajstić information content (AvgIpc) is 2.70. The van der Waals surface area contributed by atoms with Crippen molar-refractivity contribution in [1.29, 1.82) is 0 Å². The van der Waals surface area contributed by atoms with E-state index in [1.54, 1.807) is 0 Å². The van der Waals surface area contributed by atoms with Crippen molar-refractivity contribution < 1.29 is 4.52 Å². The summed E-state index contributed by atoms with van der Waals surface area (Å²) in [6.07, 6.45) is 0. The molecule has 0 aliphatic rings. The topological polar surface area (TPSA) is 38.9 Å². The number of rotatable bonds is 2. The molecule has 1 atom stereocenters. The number of halogens is 1. The molecule has 84 valence electrons. The van der Waals surface area contributed by atoms with Gasteiger partial charge in [-0.05, 0) is 32.4 Å². The zero-order valence-electron chi connectivity index (χ0n) is 9.49. The largest absolute Gasteiger partial charge is 0.334 e. The maximum atomic E-state index is 5.89. The van der Waals surface area contributed by atoms with Crippen LogP contribution in [0.15, 0.2) is 22.7 Å². The lowest BCUT2D eigenvalue weighted by Crippen LogP contribution is -1.88. The van der Waals surface area contributed by atoms with Gasteiger partial charge in [0, 0.05) is 5.56 Å². The molecule has 1 aromatic heterocycles. The SMILES string of the molecule is Cc1ccc(C)c(-c2nc(C(C)Cl)no2)c1. The van der Waals surface area contributed by atoms with E-state index in [0.29, 0.717) is 11.7 Å². The van der Waals surface area contributed by atoms with Gasteiger partial charge in [-0.15, -0.1) is 11.6 Å². The van der Waals surface area contributed by atoms with Crippen LogP contribution in [0.2, 0.25) is 0 Å². The van der Waals surface area contributed by atoms with Gasteiger partial charge in [-0.3, -0.25) is 0 Å². The first-order valence-electron chi connectivity index (χ1n) is 5.13. The van der Waals surface area contributed by atoms with Gasteiger partial charge in [0.2, 0.25) is 0 Å². The molecule has 0 saturated carbocycles. The predicted molar refractivity (Wildman–Crippen MR) is 63.5 cm³/mol. The minimum atomic E-state index is -0.234. The van der Waals surface area contributed by atoms with Crippen molar-refractivity contribution in [3.05, 3.63) is 35.2 Å². The van der Waals surface area contributed by atoms with Crippen LogP contribution in [0.4, 0.5) is 0 Å². The van der Waals surface area contributed by atoms with Crippen molar-refractivity contribution in [3.63, 3.8) is 0 Å². The molecule has 0 aliphatic heterocycles. The van der Waals surface area contributed by atoms with Crippen molar-refractivity contribution >= 4 is 11.6 Å². The summed E-state index contributed by atoms with van der Waals surface area (Å²) in [5.74, 6) is 1.06. The van der Waals surface area contributed by atoms with Crippen molar-refractivity contribution in [2.75, 3.05) is 0 Å². The highest BCUT2D eigenvalue weighted by molar-refractivity contribution is 6.20. The van der Waals surface area contributed by atoms with Gasteiger partial charge in [-0.25, -0.2) is 0 Å². The Morgan fingerprint density at radius 3 is 2.69 bits per heavy atom. The molecular formula is C12H13ClN2O. The Bertz CT molecular complexity index is 505. The van der Waals surface area contributed by atoms with Gasteiger partial charge >= 0.3 is 0 Å². The number of hydrogen-bond donors (Lipinski definition) is 0. The third kappa shape index (κ3) is 2.09. The van der Waals surface area contributed by atoms with Gasteiger partial charge in [0.1, 0.15) is 0 Å². The molecular weight excluding hydrogens is 224 g/mol. The third-order valence-corrected chi connectivity index (χ3v) is 2.62. The molecule has 0 fully saturated rings. The van der Waals surface area contributed by atoms with Crippen LogP contribution in [0.5, 0.6) is 0 Å². The Balaban J connectivity index is 2.46. The van der Waals surface area contributed by atoms with E-state index in [1.807, 2.05) is 32.9 Å². The van der Waals surface area contributed by atoms with Crippen LogP contribution in [0.1, 0.15) is 29.3 Å². The molecule has 0 bridgehead atoms. The van der Waals surface area contributed by atoms with E-state index in [2.05, 4.69) is 16.2 Å². The number of hydrogen-bond acceptors (Lipinski definition) is 3. The van der Waals surface area contributed by atoms with E-state index < -0.39 is 0 Å². The lowest BCUT2D eigenvalue weighted by Gasteiger charge is -2.01. The molecule has 0 spiro atoms. The third-order valence-electron chi connectivity index (χ3n) is 2.42. The summed E-state index contributed by atoms with van der Waals surface area (Å²) in [5, 5.41) is 3.61. The Hall–Kier alpha value is -1.35. The highest BCUT2D eigenvalue weighted by atomic mass is 35.5. The Morgan fingerprint density at radius 2 is 2.06 bits per heavy atom. The molecule has 0 saturated heterocycles. The maximum absolute atomic E-state index is 5.89. The van der Waals surface area contributed by atoms with Gasteiger partial charge in [0.25, 0.3) is 5.89 Å². The number of alkyl halides is 1. The second kappa shape index (κ2) is 4.26. The van der Waals surface area contributed by atoms with E-state index in [0.717, 1.165) is 11.1 Å². The molecule has 1 unspecified atom stereocenters. The first kappa shape index (κ1) is 11.1. The van der Waals surface area contributed by atoms with Gasteiger partial charge in [-0.1, -0.05) is 22.9 Å². The van der Waals surface area contributed by atoms with Gasteiger partial charge < -0.3 is 4.52 Å². The molecule has 1 aromatic carbocycles. The number of aryl methyl sites for hydroxylation is 2. The zero-order chi connectivity index (χ0) is 11.7. The van der Waals surface area contributed by atoms with Gasteiger partial charge in [0.05, 0.1) is 5.38 Å². The molecule has 2 rings (SSSR count). The van der Waals surface area contributed by atoms with E-state index in [9.17, 15) is 0 Å². The highest BCUT2D eigenvalue weighted by Crippen LogP contribution is 2.25. The van der Waals surface area contributed by atoms with Crippen LogP contribution < -0.4 is 0 Å². The number of aromatic nitrogens is 2. The van der Waals surface area contributed by atoms with Crippen LogP contribution in [-0.4, -0.2) is 10.1 Å². The normalized spacial score (nSPS) is 12.8. The van der Waals surface area contributed by atoms with Crippen molar-refractivity contribution in [1.82, 2.24) is 10.1 Å². The van der Waals surface area contributed by atoms with Gasteiger partial charge in [0.15, 0.2) is 5.82 Å². The first-order valence-corrected chi connectivity index (χ1v) is 5.57. The predicted octanol–water partition coefficient (Wildman–Crippen LogP) is 3.65. The van der Waals surface area contributed by atoms with E-state index in [-0.39, 0.29) is 5.38 Å². The van der Waals surface area contributed by atoms with E-state index in [4.69, 9.17) is 16.1 Å². The van der Waals surface area contributed by atoms with Crippen LogP contribution in [0.25, 0.3) is 11.5 Å². The standard InChI is InChI=1S/C12H13ClN2O/c1-7-4-5-8(2)10(6-7)12-14-11(9(3)13)15-16-12/h4-6,9H,1-3H3. The fourth-order valence-corrected chi connectivity index (χ4v) is 1.56. The summed E-state index contributed by atoms with van der Waals surface area (Å²) >= 11 is 5.89. The Kier molecular flexibility index (Phi) is 2.97. The molecule has 16 heavy (non-hydrogen) atoms. The van der Waals surface area contributed by atoms with Crippen LogP contribution >= 0.6 is 11.6 Å². The van der Waals surface area contributed by atoms with Gasteiger partial charge in [-0.2, -0.15) is 4.98 Å². The Labute approximate surface area is 99.4 Å². The summed E-state index contributed by atoms with van der Waals surface area (Å²) < 4.78 is 5.20. The van der Waals surface area contributed by atoms with Crippen LogP contribution in [0.3, 0.4) is 0 Å². The Morgan fingerprint density at radius 1 is 1.31 bits per heavy atom. The summed E-state index contributed by atoms with van der Waals surface area (Å²) in [5.41, 5.74) is 3.25. The lowest BCUT2D eigenvalue weighted by atomic mass is 10.1. The monoisotopic (exact) mass is 236 g/mol. The molecule has 0 amide bonds. The molecule has 3 nitrogen and oxygen atoms in total. The fraction of sp³-hybridized carbons (Fsp3) is 0.333. The quantitative estimate of drug-likeness (QED) is 0.747. The molecule has 2 aromatic rings. The summed E-state index contributed by atoms with van der Waals surface area (Å²) in [6.45, 7) is 5.87. The van der Waals surface area contributed by atoms with Crippen molar-refractivity contribution in [2.24, 2.45) is 0 Å². The first-order chi connectivity index (χ1) is 7.58. The number of nitrogens with zero attached hydrogens (tertiary/aromatic N) is 2. The molecule has 4 heteroatoms. The number of benzene rings is 1. The summed E-state index contributed by atoms with van der Waals surface area (Å²) in [7, 11) is 0. The average molecular weight is 237 g/mol. The maximum Gasteiger partial charge on any atom is 0.258 e. The van der Waals surface area contributed by atoms with Crippen molar-refractivity contribution in [3.8, 4) is 11.5 Å². The van der Waals surface area contributed by atoms with Crippen LogP contribution in [0, 0.1) is 13.8 Å². The van der Waals surface area contributed by atoms with Crippen LogP contribution in [-0.2, 0) is 0 Å². The highest BCUT2D eigenvalue weighted by Gasteiger charge is 2.14. The minimum absolute atomic E-state index is 0.234. The van der Waals surface area contributed by atoms with E-state index >= 15 is 0 Å².